The molecule has 0 radical (unpaired) electrons. The van der Waals surface area contributed by atoms with Crippen LogP contribution in [0.3, 0.4) is 0 Å². The van der Waals surface area contributed by atoms with Crippen molar-refractivity contribution in [2.45, 2.75) is 38.3 Å². The molecule has 1 aliphatic rings. The van der Waals surface area contributed by atoms with Crippen LogP contribution in [-0.4, -0.2) is 103 Å². The van der Waals surface area contributed by atoms with Gasteiger partial charge in [0, 0.05) is 32.7 Å². The third-order valence-electron chi connectivity index (χ3n) is 7.19. The number of nitrogens with one attached hydrogen (secondary N) is 1. The monoisotopic (exact) mass is 591 g/mol. The summed E-state index contributed by atoms with van der Waals surface area (Å²) in [5.74, 6) is -8.26. The molecule has 3 aromatic rings. The van der Waals surface area contributed by atoms with E-state index >= 15 is 0 Å². The van der Waals surface area contributed by atoms with E-state index < -0.39 is 70.4 Å². The number of esters is 1. The first-order valence-corrected chi connectivity index (χ1v) is 13.2. The van der Waals surface area contributed by atoms with Gasteiger partial charge in [0.1, 0.15) is 23.0 Å². The predicted molar refractivity (Wildman–Crippen MR) is 144 cm³/mol. The molecular formula is C27H31F2N5O8. The van der Waals surface area contributed by atoms with Crippen LogP contribution in [0, 0.1) is 11.6 Å². The molecule has 1 aliphatic heterocycles. The second-order valence-electron chi connectivity index (χ2n) is 10.2. The van der Waals surface area contributed by atoms with E-state index in [0.717, 1.165) is 44.4 Å². The quantitative estimate of drug-likeness (QED) is 0.234. The number of carbonyl (C=O) groups excluding carboxylic acids is 1. The number of fused-ring (bicyclic) bond motifs is 1. The number of likely N-dealkylation sites (N-methyl/N-ethyl adjacent to an activating group) is 1. The molecule has 0 saturated carbocycles. The molecule has 4 rings (SSSR count). The molecule has 0 amide bonds. The van der Waals surface area contributed by atoms with Crippen molar-refractivity contribution in [1.29, 1.82) is 0 Å². The Hall–Kier alpha value is -4.21. The van der Waals surface area contributed by atoms with E-state index in [2.05, 4.69) is 19.9 Å². The Morgan fingerprint density at radius 2 is 1.71 bits per heavy atom. The highest BCUT2D eigenvalue weighted by Gasteiger charge is 2.42. The third-order valence-corrected chi connectivity index (χ3v) is 7.19. The number of hydrogen-bond donors (Lipinski definition) is 4. The number of carbonyl (C=O) groups is 3. The zero-order valence-electron chi connectivity index (χ0n) is 23.0. The van der Waals surface area contributed by atoms with Gasteiger partial charge in [0.2, 0.25) is 11.2 Å². The number of benzene rings is 1. The standard InChI is InChI=1S/C27H31F2N5O8/c1-3-17-21-23(38)24(42-19(37)14-27(41,26(39)40)13-18(35)36)22(20-15(28)5-4-6-16(20)29)30-25(21)34(31-17)12-11-33-9-7-32(2)8-10-33/h4-6,41H,3,7-14H2,1-2H3,(H,30,38)(H,35,36)(H,39,40). The minimum atomic E-state index is -3.06. The van der Waals surface area contributed by atoms with Crippen molar-refractivity contribution in [3.63, 3.8) is 0 Å². The molecule has 1 unspecified atom stereocenters. The molecule has 1 saturated heterocycles. The maximum atomic E-state index is 15.0. The van der Waals surface area contributed by atoms with Gasteiger partial charge in [-0.2, -0.15) is 5.10 Å². The fraction of sp³-hybridized carbons (Fsp3) is 0.444. The van der Waals surface area contributed by atoms with E-state index in [1.807, 2.05) is 7.05 Å². The topological polar surface area (TPSA) is 178 Å². The molecule has 13 nitrogen and oxygen atoms in total. The van der Waals surface area contributed by atoms with Crippen LogP contribution in [0.1, 0.15) is 25.5 Å². The lowest BCUT2D eigenvalue weighted by Gasteiger charge is -2.32. The molecule has 226 valence electrons. The molecule has 0 aliphatic carbocycles. The van der Waals surface area contributed by atoms with E-state index in [1.165, 1.54) is 4.68 Å². The first-order valence-electron chi connectivity index (χ1n) is 13.2. The number of nitrogens with zero attached hydrogens (tertiary/aromatic N) is 4. The minimum absolute atomic E-state index is 0.00166. The number of aliphatic carboxylic acids is 2. The predicted octanol–water partition coefficient (Wildman–Crippen LogP) is 1.07. The normalized spacial score (nSPS) is 15.9. The summed E-state index contributed by atoms with van der Waals surface area (Å²) in [6, 6.07) is 2.97. The van der Waals surface area contributed by atoms with Gasteiger partial charge in [-0.25, -0.2) is 18.3 Å². The number of carboxylic acid groups (broad SMARTS) is 2. The maximum absolute atomic E-state index is 15.0. The number of pyridine rings is 1. The van der Waals surface area contributed by atoms with Gasteiger partial charge >= 0.3 is 17.9 Å². The Morgan fingerprint density at radius 1 is 1.07 bits per heavy atom. The highest BCUT2D eigenvalue weighted by Crippen LogP contribution is 2.33. The van der Waals surface area contributed by atoms with E-state index in [9.17, 15) is 38.2 Å². The van der Waals surface area contributed by atoms with Crippen LogP contribution in [-0.2, 0) is 27.3 Å². The summed E-state index contributed by atoms with van der Waals surface area (Å²) in [7, 11) is 2.03. The molecular weight excluding hydrogens is 560 g/mol. The zero-order chi connectivity index (χ0) is 30.8. The number of halogens is 2. The van der Waals surface area contributed by atoms with Crippen LogP contribution in [0.2, 0.25) is 0 Å². The van der Waals surface area contributed by atoms with Crippen LogP contribution in [0.15, 0.2) is 23.0 Å². The third kappa shape index (κ3) is 6.32. The van der Waals surface area contributed by atoms with Gasteiger partial charge < -0.3 is 29.9 Å². The Kier molecular flexibility index (Phi) is 9.03. The maximum Gasteiger partial charge on any atom is 0.336 e. The number of aromatic nitrogens is 3. The Balaban J connectivity index is 1.82. The second-order valence-corrected chi connectivity index (χ2v) is 10.2. The number of ether oxygens (including phenoxy) is 1. The molecule has 2 aromatic heterocycles. The lowest BCUT2D eigenvalue weighted by Crippen LogP contribution is -2.45. The lowest BCUT2D eigenvalue weighted by molar-refractivity contribution is -0.169. The van der Waals surface area contributed by atoms with Crippen LogP contribution in [0.5, 0.6) is 5.75 Å². The number of carboxylic acids is 2. The van der Waals surface area contributed by atoms with Crippen LogP contribution < -0.4 is 10.2 Å². The van der Waals surface area contributed by atoms with Crippen molar-refractivity contribution in [2.24, 2.45) is 0 Å². The van der Waals surface area contributed by atoms with Crippen molar-refractivity contribution in [2.75, 3.05) is 39.8 Å². The first kappa shape index (κ1) is 30.7. The summed E-state index contributed by atoms with van der Waals surface area (Å²) in [6.07, 6.45) is -2.43. The highest BCUT2D eigenvalue weighted by molar-refractivity contribution is 5.91. The number of aliphatic hydroxyl groups is 1. The van der Waals surface area contributed by atoms with Crippen LogP contribution >= 0.6 is 0 Å². The Morgan fingerprint density at radius 3 is 2.29 bits per heavy atom. The highest BCUT2D eigenvalue weighted by atomic mass is 19.1. The van der Waals surface area contributed by atoms with Crippen molar-refractivity contribution in [3.05, 3.63) is 45.8 Å². The van der Waals surface area contributed by atoms with E-state index in [4.69, 9.17) is 9.84 Å². The molecule has 1 atom stereocenters. The smallest absolute Gasteiger partial charge is 0.336 e. The number of rotatable bonds is 11. The number of aromatic amines is 1. The van der Waals surface area contributed by atoms with Crippen LogP contribution in [0.4, 0.5) is 8.78 Å². The summed E-state index contributed by atoms with van der Waals surface area (Å²) >= 11 is 0. The minimum Gasteiger partial charge on any atom is -0.481 e. The molecule has 4 N–H and O–H groups in total. The first-order chi connectivity index (χ1) is 19.8. The summed E-state index contributed by atoms with van der Waals surface area (Å²) in [4.78, 5) is 56.5. The average Bonchev–Trinajstić information content (AvgIpc) is 3.27. The Labute approximate surface area is 237 Å². The lowest BCUT2D eigenvalue weighted by atomic mass is 9.96. The molecule has 0 spiro atoms. The molecule has 0 bridgehead atoms. The summed E-state index contributed by atoms with van der Waals surface area (Å²) in [5, 5.41) is 33.1. The van der Waals surface area contributed by atoms with Gasteiger partial charge in [-0.15, -0.1) is 0 Å². The number of H-pyrrole nitrogens is 1. The van der Waals surface area contributed by atoms with Gasteiger partial charge in [-0.05, 0) is 25.6 Å². The largest absolute Gasteiger partial charge is 0.481 e. The van der Waals surface area contributed by atoms with E-state index in [0.29, 0.717) is 18.8 Å². The summed E-state index contributed by atoms with van der Waals surface area (Å²) in [6.45, 7) is 6.05. The van der Waals surface area contributed by atoms with Crippen LogP contribution in [0.25, 0.3) is 22.3 Å². The average molecular weight is 592 g/mol. The van der Waals surface area contributed by atoms with Gasteiger partial charge in [0.25, 0.3) is 0 Å². The van der Waals surface area contributed by atoms with Crippen molar-refractivity contribution >= 4 is 28.9 Å². The summed E-state index contributed by atoms with van der Waals surface area (Å²) < 4.78 is 36.6. The SMILES string of the molecule is CCc1nn(CCN2CCN(C)CC2)c2[nH]c(-c3c(F)cccc3F)c(OC(=O)CC(O)(CC(=O)O)C(=O)O)c(=O)c12. The van der Waals surface area contributed by atoms with Crippen molar-refractivity contribution < 1.29 is 43.2 Å². The molecule has 1 aromatic carbocycles. The van der Waals surface area contributed by atoms with Gasteiger partial charge in [0.05, 0.1) is 36.0 Å². The fourth-order valence-corrected chi connectivity index (χ4v) is 4.86. The van der Waals surface area contributed by atoms with Crippen molar-refractivity contribution in [1.82, 2.24) is 24.6 Å². The summed E-state index contributed by atoms with van der Waals surface area (Å²) in [5.41, 5.74) is -4.83. The fourth-order valence-electron chi connectivity index (χ4n) is 4.86. The second kappa shape index (κ2) is 12.3. The number of aryl methyl sites for hydroxylation is 1. The molecule has 1 fully saturated rings. The van der Waals surface area contributed by atoms with Gasteiger partial charge in [-0.1, -0.05) is 13.0 Å². The zero-order valence-corrected chi connectivity index (χ0v) is 23.0. The number of hydrogen-bond acceptors (Lipinski definition) is 9. The van der Waals surface area contributed by atoms with E-state index in [1.54, 1.807) is 6.92 Å². The van der Waals surface area contributed by atoms with Gasteiger partial charge in [-0.3, -0.25) is 19.3 Å². The van der Waals surface area contributed by atoms with E-state index in [-0.39, 0.29) is 17.5 Å². The molecule has 15 heteroatoms. The molecule has 42 heavy (non-hydrogen) atoms. The molecule has 3 heterocycles. The Bertz CT molecular complexity index is 1560. The van der Waals surface area contributed by atoms with Gasteiger partial charge in [0.15, 0.2) is 5.60 Å². The number of piperazine rings is 1. The van der Waals surface area contributed by atoms with Crippen molar-refractivity contribution in [3.8, 4) is 17.0 Å².